The van der Waals surface area contributed by atoms with Crippen LogP contribution in [-0.4, -0.2) is 34.9 Å². The number of pyridine rings is 1. The molecule has 5 nitrogen and oxygen atoms in total. The van der Waals surface area contributed by atoms with Crippen LogP contribution in [0.15, 0.2) is 48.7 Å². The van der Waals surface area contributed by atoms with Crippen molar-refractivity contribution in [3.05, 3.63) is 54.4 Å². The van der Waals surface area contributed by atoms with Gasteiger partial charge in [0.2, 0.25) is 0 Å². The minimum absolute atomic E-state index is 0. The number of nitrogens with zero attached hydrogens (tertiary/aromatic N) is 2. The van der Waals surface area contributed by atoms with E-state index in [4.69, 9.17) is 10.5 Å². The molecule has 1 amide bonds. The SMILES string of the molecule is Cl.Cl.NCC1CCCN1C(=O)c1cc(Oc2ccccc2)ccn1. The maximum atomic E-state index is 12.6. The van der Waals surface area contributed by atoms with Crippen LogP contribution in [0.1, 0.15) is 23.3 Å². The number of amides is 1. The highest BCUT2D eigenvalue weighted by Crippen LogP contribution is 2.23. The van der Waals surface area contributed by atoms with Gasteiger partial charge in [-0.05, 0) is 31.0 Å². The molecule has 0 aliphatic carbocycles. The second kappa shape index (κ2) is 9.47. The van der Waals surface area contributed by atoms with Gasteiger partial charge in [-0.3, -0.25) is 9.78 Å². The van der Waals surface area contributed by atoms with Gasteiger partial charge in [-0.2, -0.15) is 0 Å². The number of likely N-dealkylation sites (tertiary alicyclic amines) is 1. The van der Waals surface area contributed by atoms with Crippen molar-refractivity contribution in [3.63, 3.8) is 0 Å². The van der Waals surface area contributed by atoms with Gasteiger partial charge in [0.25, 0.3) is 5.91 Å². The summed E-state index contributed by atoms with van der Waals surface area (Å²) in [4.78, 5) is 18.6. The maximum Gasteiger partial charge on any atom is 0.272 e. The average molecular weight is 370 g/mol. The average Bonchev–Trinajstić information content (AvgIpc) is 3.04. The number of hydrogen-bond acceptors (Lipinski definition) is 4. The smallest absolute Gasteiger partial charge is 0.272 e. The van der Waals surface area contributed by atoms with Gasteiger partial charge in [0.1, 0.15) is 17.2 Å². The standard InChI is InChI=1S/C17H19N3O2.2ClH/c18-12-13-5-4-10-20(13)17(21)16-11-15(8-9-19-16)22-14-6-2-1-3-7-14;;/h1-3,6-9,11,13H,4-5,10,12,18H2;2*1H. The van der Waals surface area contributed by atoms with Crippen LogP contribution in [0.25, 0.3) is 0 Å². The molecule has 0 saturated carbocycles. The number of benzene rings is 1. The van der Waals surface area contributed by atoms with E-state index in [1.165, 1.54) is 0 Å². The Hall–Kier alpha value is -1.82. The predicted molar refractivity (Wildman–Crippen MR) is 98.4 cm³/mol. The van der Waals surface area contributed by atoms with E-state index in [2.05, 4.69) is 4.98 Å². The third-order valence-electron chi connectivity index (χ3n) is 3.84. The summed E-state index contributed by atoms with van der Waals surface area (Å²) >= 11 is 0. The molecule has 1 aliphatic heterocycles. The van der Waals surface area contributed by atoms with E-state index >= 15 is 0 Å². The first-order chi connectivity index (χ1) is 10.8. The molecule has 24 heavy (non-hydrogen) atoms. The Morgan fingerprint density at radius 1 is 1.21 bits per heavy atom. The normalized spacial score (nSPS) is 16.0. The quantitative estimate of drug-likeness (QED) is 0.897. The monoisotopic (exact) mass is 369 g/mol. The lowest BCUT2D eigenvalue weighted by atomic mass is 10.2. The molecule has 1 atom stereocenters. The van der Waals surface area contributed by atoms with Crippen LogP contribution in [0.5, 0.6) is 11.5 Å². The Bertz CT molecular complexity index is 655. The number of nitrogens with two attached hydrogens (primary N) is 1. The molecule has 0 spiro atoms. The summed E-state index contributed by atoms with van der Waals surface area (Å²) in [5.74, 6) is 1.26. The van der Waals surface area contributed by atoms with Crippen molar-refractivity contribution in [1.82, 2.24) is 9.88 Å². The second-order valence-electron chi connectivity index (χ2n) is 5.32. The Balaban J connectivity index is 0.00000144. The first kappa shape index (κ1) is 20.2. The van der Waals surface area contributed by atoms with E-state index in [1.807, 2.05) is 35.2 Å². The molecule has 0 radical (unpaired) electrons. The van der Waals surface area contributed by atoms with E-state index in [9.17, 15) is 4.79 Å². The van der Waals surface area contributed by atoms with Crippen molar-refractivity contribution in [3.8, 4) is 11.5 Å². The third-order valence-corrected chi connectivity index (χ3v) is 3.84. The van der Waals surface area contributed by atoms with Crippen LogP contribution in [0.4, 0.5) is 0 Å². The minimum Gasteiger partial charge on any atom is -0.457 e. The highest BCUT2D eigenvalue weighted by molar-refractivity contribution is 5.93. The molecule has 2 aromatic rings. The van der Waals surface area contributed by atoms with Crippen molar-refractivity contribution < 1.29 is 9.53 Å². The van der Waals surface area contributed by atoms with Gasteiger partial charge in [0.05, 0.1) is 0 Å². The number of ether oxygens (including phenoxy) is 1. The van der Waals surface area contributed by atoms with Crippen LogP contribution >= 0.6 is 24.8 Å². The fraction of sp³-hybridized carbons (Fsp3) is 0.294. The number of para-hydroxylation sites is 1. The van der Waals surface area contributed by atoms with E-state index < -0.39 is 0 Å². The Labute approximate surface area is 154 Å². The molecule has 1 aromatic carbocycles. The Morgan fingerprint density at radius 2 is 1.96 bits per heavy atom. The molecule has 7 heteroatoms. The van der Waals surface area contributed by atoms with Crippen molar-refractivity contribution in [2.75, 3.05) is 13.1 Å². The van der Waals surface area contributed by atoms with Crippen LogP contribution in [0, 0.1) is 0 Å². The summed E-state index contributed by atoms with van der Waals surface area (Å²) in [7, 11) is 0. The lowest BCUT2D eigenvalue weighted by Crippen LogP contribution is -2.40. The third kappa shape index (κ3) is 4.60. The van der Waals surface area contributed by atoms with E-state index in [1.54, 1.807) is 18.3 Å². The molecular weight excluding hydrogens is 349 g/mol. The molecule has 2 heterocycles. The highest BCUT2D eigenvalue weighted by atomic mass is 35.5. The van der Waals surface area contributed by atoms with Crippen LogP contribution in [0.2, 0.25) is 0 Å². The zero-order valence-electron chi connectivity index (χ0n) is 13.1. The molecule has 2 N–H and O–H groups in total. The number of carbonyl (C=O) groups is 1. The van der Waals surface area contributed by atoms with Crippen LogP contribution in [-0.2, 0) is 0 Å². The Morgan fingerprint density at radius 3 is 2.67 bits per heavy atom. The molecule has 1 aliphatic rings. The topological polar surface area (TPSA) is 68.5 Å². The molecule has 0 bridgehead atoms. The summed E-state index contributed by atoms with van der Waals surface area (Å²) in [5.41, 5.74) is 6.13. The van der Waals surface area contributed by atoms with Crippen molar-refractivity contribution >= 4 is 30.7 Å². The second-order valence-corrected chi connectivity index (χ2v) is 5.32. The fourth-order valence-corrected chi connectivity index (χ4v) is 2.71. The fourth-order valence-electron chi connectivity index (χ4n) is 2.71. The molecule has 1 fully saturated rings. The lowest BCUT2D eigenvalue weighted by Gasteiger charge is -2.23. The van der Waals surface area contributed by atoms with E-state index in [0.717, 1.165) is 25.1 Å². The summed E-state index contributed by atoms with van der Waals surface area (Å²) in [6.45, 7) is 1.23. The zero-order valence-corrected chi connectivity index (χ0v) is 14.8. The van der Waals surface area contributed by atoms with Gasteiger partial charge >= 0.3 is 0 Å². The minimum atomic E-state index is -0.0774. The molecule has 1 unspecified atom stereocenters. The molecule has 1 saturated heterocycles. The van der Waals surface area contributed by atoms with E-state index in [-0.39, 0.29) is 36.8 Å². The molecule has 130 valence electrons. The summed E-state index contributed by atoms with van der Waals surface area (Å²) in [6.07, 6.45) is 3.55. The van der Waals surface area contributed by atoms with Gasteiger partial charge in [-0.25, -0.2) is 0 Å². The van der Waals surface area contributed by atoms with Gasteiger partial charge in [-0.15, -0.1) is 24.8 Å². The molecule has 1 aromatic heterocycles. The number of hydrogen-bond donors (Lipinski definition) is 1. The Kier molecular flexibility index (Phi) is 7.98. The van der Waals surface area contributed by atoms with Gasteiger partial charge in [0.15, 0.2) is 0 Å². The number of carbonyl (C=O) groups excluding carboxylic acids is 1. The van der Waals surface area contributed by atoms with Gasteiger partial charge in [0, 0.05) is 31.4 Å². The first-order valence-electron chi connectivity index (χ1n) is 7.48. The molecular formula is C17H21Cl2N3O2. The van der Waals surface area contributed by atoms with Crippen molar-refractivity contribution in [1.29, 1.82) is 0 Å². The van der Waals surface area contributed by atoms with Crippen LogP contribution < -0.4 is 10.5 Å². The zero-order chi connectivity index (χ0) is 15.4. The summed E-state index contributed by atoms with van der Waals surface area (Å²) < 4.78 is 5.75. The highest BCUT2D eigenvalue weighted by Gasteiger charge is 2.29. The van der Waals surface area contributed by atoms with Crippen LogP contribution in [0.3, 0.4) is 0 Å². The number of rotatable bonds is 4. The maximum absolute atomic E-state index is 12.6. The summed E-state index contributed by atoms with van der Waals surface area (Å²) in [5, 5.41) is 0. The lowest BCUT2D eigenvalue weighted by molar-refractivity contribution is 0.0735. The van der Waals surface area contributed by atoms with E-state index in [0.29, 0.717) is 18.0 Å². The molecule has 3 rings (SSSR count). The number of aromatic nitrogens is 1. The number of halogens is 2. The summed E-state index contributed by atoms with van der Waals surface area (Å²) in [6, 6.07) is 13.0. The van der Waals surface area contributed by atoms with Gasteiger partial charge < -0.3 is 15.4 Å². The van der Waals surface area contributed by atoms with Gasteiger partial charge in [-0.1, -0.05) is 18.2 Å². The van der Waals surface area contributed by atoms with Crippen molar-refractivity contribution in [2.45, 2.75) is 18.9 Å². The predicted octanol–water partition coefficient (Wildman–Crippen LogP) is 3.28. The van der Waals surface area contributed by atoms with Crippen molar-refractivity contribution in [2.24, 2.45) is 5.73 Å². The first-order valence-corrected chi connectivity index (χ1v) is 7.48. The largest absolute Gasteiger partial charge is 0.457 e.